The zero-order valence-corrected chi connectivity index (χ0v) is 9.31. The van der Waals surface area contributed by atoms with Crippen LogP contribution in [0.15, 0.2) is 11.6 Å². The minimum atomic E-state index is 0.924. The molecule has 0 radical (unpaired) electrons. The lowest BCUT2D eigenvalue weighted by molar-refractivity contribution is 0.135. The predicted octanol–water partition coefficient (Wildman–Crippen LogP) is 3.80. The van der Waals surface area contributed by atoms with E-state index in [2.05, 4.69) is 33.8 Å². The third-order valence-electron chi connectivity index (χ3n) is 1.27. The molecule has 0 spiro atoms. The van der Waals surface area contributed by atoms with Crippen LogP contribution in [0.25, 0.3) is 0 Å². The van der Waals surface area contributed by atoms with E-state index in [9.17, 15) is 0 Å². The van der Waals surface area contributed by atoms with Gasteiger partial charge in [-0.3, -0.25) is 0 Å². The summed E-state index contributed by atoms with van der Waals surface area (Å²) < 4.78 is 5.13. The molecule has 1 nitrogen and oxygen atoms in total. The van der Waals surface area contributed by atoms with Gasteiger partial charge in [-0.1, -0.05) is 25.5 Å². The first-order chi connectivity index (χ1) is 5.68. The highest BCUT2D eigenvalue weighted by Crippen LogP contribution is 1.82. The molecule has 0 atom stereocenters. The Morgan fingerprint density at radius 2 is 1.42 bits per heavy atom. The highest BCUT2D eigenvalue weighted by molar-refractivity contribution is 4.88. The summed E-state index contributed by atoms with van der Waals surface area (Å²) in [6, 6.07) is 0. The number of ether oxygens (including phenoxy) is 1. The van der Waals surface area contributed by atoms with Crippen LogP contribution in [0.4, 0.5) is 0 Å². The summed E-state index contributed by atoms with van der Waals surface area (Å²) in [5.41, 5.74) is 1.38. The minimum absolute atomic E-state index is 0.924. The maximum absolute atomic E-state index is 5.13. The molecule has 0 N–H and O–H groups in total. The molecule has 0 bridgehead atoms. The predicted molar refractivity (Wildman–Crippen MR) is 56.5 cm³/mol. The standard InChI is InChI=1S/C6H14O.C5H10/c1-3-5-7-6-4-2;1-4-5(2)3/h3-6H2,1-2H3;4H,1-3H3. The van der Waals surface area contributed by atoms with E-state index in [0.29, 0.717) is 0 Å². The minimum Gasteiger partial charge on any atom is -0.381 e. The molecule has 12 heavy (non-hydrogen) atoms. The van der Waals surface area contributed by atoms with Gasteiger partial charge in [-0.05, 0) is 33.6 Å². The van der Waals surface area contributed by atoms with E-state index in [-0.39, 0.29) is 0 Å². The van der Waals surface area contributed by atoms with Crippen molar-refractivity contribution in [3.8, 4) is 0 Å². The Balaban J connectivity index is 0. The second kappa shape index (κ2) is 13.3. The second-order valence-corrected chi connectivity index (χ2v) is 2.98. The summed E-state index contributed by atoms with van der Waals surface area (Å²) in [6.45, 7) is 12.3. The van der Waals surface area contributed by atoms with Crippen molar-refractivity contribution in [2.24, 2.45) is 0 Å². The van der Waals surface area contributed by atoms with E-state index < -0.39 is 0 Å². The SMILES string of the molecule is CC=C(C)C.CCCOCCC. The van der Waals surface area contributed by atoms with Gasteiger partial charge in [-0.2, -0.15) is 0 Å². The van der Waals surface area contributed by atoms with Gasteiger partial charge >= 0.3 is 0 Å². The van der Waals surface area contributed by atoms with Crippen LogP contribution in [-0.2, 0) is 4.74 Å². The van der Waals surface area contributed by atoms with E-state index in [1.54, 1.807) is 0 Å². The van der Waals surface area contributed by atoms with Crippen LogP contribution in [-0.4, -0.2) is 13.2 Å². The van der Waals surface area contributed by atoms with Gasteiger partial charge in [0, 0.05) is 13.2 Å². The molecule has 0 aromatic rings. The van der Waals surface area contributed by atoms with Crippen molar-refractivity contribution in [2.75, 3.05) is 13.2 Å². The molecule has 0 unspecified atom stereocenters. The number of hydrogen-bond donors (Lipinski definition) is 0. The normalized spacial score (nSPS) is 8.42. The molecule has 0 saturated carbocycles. The Labute approximate surface area is 77.8 Å². The van der Waals surface area contributed by atoms with Gasteiger partial charge in [-0.15, -0.1) is 0 Å². The molecular formula is C11H24O. The van der Waals surface area contributed by atoms with Gasteiger partial charge in [0.15, 0.2) is 0 Å². The number of hydrogen-bond acceptors (Lipinski definition) is 1. The summed E-state index contributed by atoms with van der Waals surface area (Å²) in [7, 11) is 0. The van der Waals surface area contributed by atoms with E-state index in [0.717, 1.165) is 26.1 Å². The first-order valence-electron chi connectivity index (χ1n) is 4.86. The van der Waals surface area contributed by atoms with Crippen LogP contribution >= 0.6 is 0 Å². The molecule has 0 aliphatic heterocycles. The summed E-state index contributed by atoms with van der Waals surface area (Å²) in [5, 5.41) is 0. The Morgan fingerprint density at radius 1 is 1.08 bits per heavy atom. The zero-order chi connectivity index (χ0) is 9.82. The Bertz CT molecular complexity index is 87.2. The molecule has 0 rings (SSSR count). The Morgan fingerprint density at radius 3 is 1.58 bits per heavy atom. The van der Waals surface area contributed by atoms with E-state index in [4.69, 9.17) is 4.74 Å². The molecule has 1 heteroatoms. The maximum Gasteiger partial charge on any atom is 0.0463 e. The average Bonchev–Trinajstić information content (AvgIpc) is 2.07. The van der Waals surface area contributed by atoms with Crippen molar-refractivity contribution in [1.29, 1.82) is 0 Å². The summed E-state index contributed by atoms with van der Waals surface area (Å²) in [5.74, 6) is 0. The lowest BCUT2D eigenvalue weighted by atomic mass is 10.3. The van der Waals surface area contributed by atoms with E-state index in [1.807, 2.05) is 6.92 Å². The van der Waals surface area contributed by atoms with E-state index in [1.165, 1.54) is 5.57 Å². The van der Waals surface area contributed by atoms with Crippen LogP contribution in [0.1, 0.15) is 47.5 Å². The molecule has 0 saturated heterocycles. The van der Waals surface area contributed by atoms with E-state index >= 15 is 0 Å². The van der Waals surface area contributed by atoms with Gasteiger partial charge in [0.1, 0.15) is 0 Å². The van der Waals surface area contributed by atoms with Crippen molar-refractivity contribution in [3.05, 3.63) is 11.6 Å². The average molecular weight is 172 g/mol. The van der Waals surface area contributed by atoms with Gasteiger partial charge < -0.3 is 4.74 Å². The van der Waals surface area contributed by atoms with Crippen LogP contribution < -0.4 is 0 Å². The van der Waals surface area contributed by atoms with Crippen LogP contribution in [0.5, 0.6) is 0 Å². The molecular weight excluding hydrogens is 148 g/mol. The van der Waals surface area contributed by atoms with Crippen LogP contribution in [0.2, 0.25) is 0 Å². The second-order valence-electron chi connectivity index (χ2n) is 2.98. The topological polar surface area (TPSA) is 9.23 Å². The third-order valence-corrected chi connectivity index (χ3v) is 1.27. The summed E-state index contributed by atoms with van der Waals surface area (Å²) in [6.07, 6.45) is 4.36. The fourth-order valence-electron chi connectivity index (χ4n) is 0.391. The molecule has 0 aliphatic rings. The fourth-order valence-corrected chi connectivity index (χ4v) is 0.391. The molecule has 0 fully saturated rings. The molecule has 74 valence electrons. The van der Waals surface area contributed by atoms with Crippen molar-refractivity contribution < 1.29 is 4.74 Å². The van der Waals surface area contributed by atoms with Gasteiger partial charge in [-0.25, -0.2) is 0 Å². The third kappa shape index (κ3) is 22.6. The molecule has 0 amide bonds. The number of allylic oxidation sites excluding steroid dienone is 2. The first-order valence-corrected chi connectivity index (χ1v) is 4.86. The fraction of sp³-hybridized carbons (Fsp3) is 0.818. The quantitative estimate of drug-likeness (QED) is 0.463. The number of rotatable bonds is 4. The van der Waals surface area contributed by atoms with Crippen LogP contribution in [0, 0.1) is 0 Å². The van der Waals surface area contributed by atoms with Crippen LogP contribution in [0.3, 0.4) is 0 Å². The van der Waals surface area contributed by atoms with Crippen molar-refractivity contribution >= 4 is 0 Å². The lowest BCUT2D eigenvalue weighted by Gasteiger charge is -1.95. The lowest BCUT2D eigenvalue weighted by Crippen LogP contribution is -1.92. The van der Waals surface area contributed by atoms with Gasteiger partial charge in [0.2, 0.25) is 0 Å². The Kier molecular flexibility index (Phi) is 15.8. The highest BCUT2D eigenvalue weighted by atomic mass is 16.5. The molecule has 0 heterocycles. The first kappa shape index (κ1) is 14.2. The maximum atomic E-state index is 5.13. The Hall–Kier alpha value is -0.300. The largest absolute Gasteiger partial charge is 0.381 e. The highest BCUT2D eigenvalue weighted by Gasteiger charge is 1.77. The van der Waals surface area contributed by atoms with Gasteiger partial charge in [0.05, 0.1) is 0 Å². The smallest absolute Gasteiger partial charge is 0.0463 e. The molecule has 0 aliphatic carbocycles. The van der Waals surface area contributed by atoms with Crippen molar-refractivity contribution in [2.45, 2.75) is 47.5 Å². The summed E-state index contributed by atoms with van der Waals surface area (Å²) >= 11 is 0. The zero-order valence-electron chi connectivity index (χ0n) is 9.31. The molecule has 0 aromatic heterocycles. The molecule has 0 aromatic carbocycles. The van der Waals surface area contributed by atoms with Gasteiger partial charge in [0.25, 0.3) is 0 Å². The summed E-state index contributed by atoms with van der Waals surface area (Å²) in [4.78, 5) is 0. The van der Waals surface area contributed by atoms with Crippen molar-refractivity contribution in [1.82, 2.24) is 0 Å². The van der Waals surface area contributed by atoms with Crippen molar-refractivity contribution in [3.63, 3.8) is 0 Å². The monoisotopic (exact) mass is 172 g/mol.